The zero-order chi connectivity index (χ0) is 9.90. The number of hydrogen-bond acceptors (Lipinski definition) is 2. The number of likely N-dealkylation sites (tertiary alicyclic amines) is 1. The number of carbonyl (C=O) groups excluding carboxylic acids is 1. The molecule has 13 heavy (non-hydrogen) atoms. The van der Waals surface area contributed by atoms with Crippen LogP contribution in [0.15, 0.2) is 0 Å². The van der Waals surface area contributed by atoms with Crippen molar-refractivity contribution in [2.24, 2.45) is 0 Å². The van der Waals surface area contributed by atoms with Crippen molar-refractivity contribution in [2.45, 2.75) is 38.2 Å². The lowest BCUT2D eigenvalue weighted by molar-refractivity contribution is -0.110. The van der Waals surface area contributed by atoms with E-state index in [1.54, 1.807) is 0 Å². The molecule has 1 aliphatic rings. The predicted octanol–water partition coefficient (Wildman–Crippen LogP) is 1.70. The molecule has 0 bridgehead atoms. The van der Waals surface area contributed by atoms with E-state index in [1.807, 2.05) is 4.90 Å². The van der Waals surface area contributed by atoms with Crippen LogP contribution in [0, 0.1) is 0 Å². The summed E-state index contributed by atoms with van der Waals surface area (Å²) in [6.07, 6.45) is 2.20. The maximum Gasteiger partial charge on any atom is 0.246 e. The van der Waals surface area contributed by atoms with Gasteiger partial charge in [-0.25, -0.2) is 8.78 Å². The van der Waals surface area contributed by atoms with E-state index in [9.17, 15) is 13.6 Å². The maximum atomic E-state index is 12.5. The van der Waals surface area contributed by atoms with Crippen molar-refractivity contribution in [3.05, 3.63) is 0 Å². The molecule has 4 heteroatoms. The summed E-state index contributed by atoms with van der Waals surface area (Å²) in [6, 6.07) is 0.222. The molecule has 1 fully saturated rings. The van der Waals surface area contributed by atoms with Gasteiger partial charge in [-0.15, -0.1) is 0 Å². The molecular weight excluding hydrogens is 176 g/mol. The molecule has 2 nitrogen and oxygen atoms in total. The number of nitrogens with zero attached hydrogens (tertiary/aromatic N) is 1. The fourth-order valence-electron chi connectivity index (χ4n) is 1.51. The molecule has 1 rings (SSSR count). The van der Waals surface area contributed by atoms with E-state index in [4.69, 9.17) is 0 Å². The molecule has 1 saturated heterocycles. The lowest BCUT2D eigenvalue weighted by atomic mass is 9.99. The van der Waals surface area contributed by atoms with Crippen molar-refractivity contribution in [2.75, 3.05) is 13.1 Å². The Kier molecular flexibility index (Phi) is 3.36. The summed E-state index contributed by atoms with van der Waals surface area (Å²) >= 11 is 0. The van der Waals surface area contributed by atoms with Gasteiger partial charge in [0.15, 0.2) is 0 Å². The normalized spacial score (nSPS) is 24.1. The first kappa shape index (κ1) is 10.6. The summed E-state index contributed by atoms with van der Waals surface area (Å²) in [5.41, 5.74) is 0. The number of alkyl halides is 2. The van der Waals surface area contributed by atoms with Crippen LogP contribution < -0.4 is 0 Å². The molecule has 0 aromatic carbocycles. The molecule has 0 spiro atoms. The van der Waals surface area contributed by atoms with E-state index in [-0.39, 0.29) is 12.5 Å². The average molecular weight is 191 g/mol. The first-order valence-electron chi connectivity index (χ1n) is 4.58. The number of rotatable bonds is 5. The van der Waals surface area contributed by atoms with E-state index in [1.165, 1.54) is 0 Å². The Hall–Kier alpha value is -0.510. The number of hydrogen-bond donors (Lipinski definition) is 0. The number of halogens is 2. The Morgan fingerprint density at radius 3 is 2.69 bits per heavy atom. The third kappa shape index (κ3) is 3.38. The van der Waals surface area contributed by atoms with Gasteiger partial charge in [-0.05, 0) is 19.9 Å². The molecule has 0 aromatic heterocycles. The molecular formula is C9H15F2NO. The van der Waals surface area contributed by atoms with Gasteiger partial charge in [0.05, 0.1) is 0 Å². The van der Waals surface area contributed by atoms with Crippen LogP contribution in [0.25, 0.3) is 0 Å². The highest BCUT2D eigenvalue weighted by Gasteiger charge is 2.30. The second-order valence-electron chi connectivity index (χ2n) is 3.70. The van der Waals surface area contributed by atoms with Gasteiger partial charge in [0.25, 0.3) is 0 Å². The Morgan fingerprint density at radius 1 is 1.62 bits per heavy atom. The smallest absolute Gasteiger partial charge is 0.246 e. The van der Waals surface area contributed by atoms with Crippen LogP contribution in [-0.4, -0.2) is 36.2 Å². The molecule has 0 aliphatic carbocycles. The Bertz CT molecular complexity index is 179. The van der Waals surface area contributed by atoms with Gasteiger partial charge in [-0.3, -0.25) is 4.90 Å². The van der Waals surface area contributed by atoms with Crippen LogP contribution in [0.1, 0.15) is 26.2 Å². The molecule has 76 valence electrons. The van der Waals surface area contributed by atoms with E-state index in [0.717, 1.165) is 26.2 Å². The second-order valence-corrected chi connectivity index (χ2v) is 3.70. The Labute approximate surface area is 76.9 Å². The van der Waals surface area contributed by atoms with E-state index < -0.39 is 5.92 Å². The highest BCUT2D eigenvalue weighted by atomic mass is 19.3. The molecule has 0 amide bonds. The molecule has 0 aromatic rings. The molecule has 0 N–H and O–H groups in total. The monoisotopic (exact) mass is 191 g/mol. The summed E-state index contributed by atoms with van der Waals surface area (Å²) in [5.74, 6) is -2.58. The minimum Gasteiger partial charge on any atom is -0.303 e. The SMILES string of the molecule is CC(F)(F)CCN1CCC1CC=O. The minimum atomic E-state index is -2.58. The van der Waals surface area contributed by atoms with Crippen LogP contribution >= 0.6 is 0 Å². The van der Waals surface area contributed by atoms with Gasteiger partial charge in [-0.1, -0.05) is 0 Å². The van der Waals surface area contributed by atoms with Crippen molar-refractivity contribution in [1.82, 2.24) is 4.90 Å². The lowest BCUT2D eigenvalue weighted by Gasteiger charge is -2.40. The van der Waals surface area contributed by atoms with Crippen molar-refractivity contribution >= 4 is 6.29 Å². The standard InChI is InChI=1S/C9H15F2NO/c1-9(10,11)4-6-12-5-2-8(12)3-7-13/h7-8H,2-6H2,1H3. The molecule has 0 saturated carbocycles. The fraction of sp³-hybridized carbons (Fsp3) is 0.889. The first-order chi connectivity index (χ1) is 6.03. The van der Waals surface area contributed by atoms with E-state index in [0.29, 0.717) is 13.0 Å². The molecule has 1 heterocycles. The molecule has 0 radical (unpaired) electrons. The van der Waals surface area contributed by atoms with Crippen molar-refractivity contribution in [1.29, 1.82) is 0 Å². The summed E-state index contributed by atoms with van der Waals surface area (Å²) in [6.45, 7) is 2.19. The van der Waals surface area contributed by atoms with Crippen LogP contribution in [0.2, 0.25) is 0 Å². The van der Waals surface area contributed by atoms with Gasteiger partial charge in [-0.2, -0.15) is 0 Å². The number of aldehydes is 1. The maximum absolute atomic E-state index is 12.5. The Balaban J connectivity index is 2.19. The third-order valence-electron chi connectivity index (χ3n) is 2.47. The van der Waals surface area contributed by atoms with Gasteiger partial charge in [0, 0.05) is 25.4 Å². The number of carbonyl (C=O) groups is 1. The van der Waals surface area contributed by atoms with Crippen molar-refractivity contribution < 1.29 is 13.6 Å². The van der Waals surface area contributed by atoms with Crippen molar-refractivity contribution in [3.8, 4) is 0 Å². The summed E-state index contributed by atoms with van der Waals surface area (Å²) in [5, 5.41) is 0. The van der Waals surface area contributed by atoms with Gasteiger partial charge in [0.1, 0.15) is 6.29 Å². The average Bonchev–Trinajstić information content (AvgIpc) is 1.96. The lowest BCUT2D eigenvalue weighted by Crippen LogP contribution is -2.48. The molecule has 1 atom stereocenters. The highest BCUT2D eigenvalue weighted by molar-refractivity contribution is 5.50. The van der Waals surface area contributed by atoms with Crippen molar-refractivity contribution in [3.63, 3.8) is 0 Å². The fourth-order valence-corrected chi connectivity index (χ4v) is 1.51. The second kappa shape index (κ2) is 4.13. The van der Waals surface area contributed by atoms with Gasteiger partial charge < -0.3 is 4.79 Å². The zero-order valence-corrected chi connectivity index (χ0v) is 7.80. The van der Waals surface area contributed by atoms with E-state index >= 15 is 0 Å². The molecule has 1 unspecified atom stereocenters. The topological polar surface area (TPSA) is 20.3 Å². The predicted molar refractivity (Wildman–Crippen MR) is 45.9 cm³/mol. The highest BCUT2D eigenvalue weighted by Crippen LogP contribution is 2.23. The zero-order valence-electron chi connectivity index (χ0n) is 7.80. The minimum absolute atomic E-state index is 0.109. The van der Waals surface area contributed by atoms with Crippen LogP contribution in [-0.2, 0) is 4.79 Å². The van der Waals surface area contributed by atoms with Crippen LogP contribution in [0.5, 0.6) is 0 Å². The van der Waals surface area contributed by atoms with E-state index in [2.05, 4.69) is 0 Å². The first-order valence-corrected chi connectivity index (χ1v) is 4.58. The quantitative estimate of drug-likeness (QED) is 0.616. The third-order valence-corrected chi connectivity index (χ3v) is 2.47. The Morgan fingerprint density at radius 2 is 2.31 bits per heavy atom. The van der Waals surface area contributed by atoms with Crippen LogP contribution in [0.4, 0.5) is 8.78 Å². The van der Waals surface area contributed by atoms with Gasteiger partial charge in [0.2, 0.25) is 5.92 Å². The summed E-state index contributed by atoms with van der Waals surface area (Å²) < 4.78 is 24.9. The van der Waals surface area contributed by atoms with Crippen LogP contribution in [0.3, 0.4) is 0 Å². The van der Waals surface area contributed by atoms with Gasteiger partial charge >= 0.3 is 0 Å². The molecule has 1 aliphatic heterocycles. The largest absolute Gasteiger partial charge is 0.303 e. The summed E-state index contributed by atoms with van der Waals surface area (Å²) in [4.78, 5) is 12.1. The summed E-state index contributed by atoms with van der Waals surface area (Å²) in [7, 11) is 0.